The van der Waals surface area contributed by atoms with Gasteiger partial charge in [0.2, 0.25) is 11.8 Å². The third-order valence-corrected chi connectivity index (χ3v) is 8.45. The number of hydrogen-bond donors (Lipinski definition) is 0. The molecule has 21 heavy (non-hydrogen) atoms. The zero-order chi connectivity index (χ0) is 14.9. The third kappa shape index (κ3) is 1.76. The van der Waals surface area contributed by atoms with Gasteiger partial charge in [0.25, 0.3) is 0 Å². The lowest BCUT2D eigenvalue weighted by molar-refractivity contribution is -0.123. The van der Waals surface area contributed by atoms with Crippen LogP contribution in [0.15, 0.2) is 24.3 Å². The first kappa shape index (κ1) is 13.9. The van der Waals surface area contributed by atoms with Crippen LogP contribution in [0.1, 0.15) is 12.0 Å². The maximum absolute atomic E-state index is 12.8. The average molecular weight is 413 g/mol. The Labute approximate surface area is 140 Å². The van der Waals surface area contributed by atoms with Crippen molar-refractivity contribution in [3.63, 3.8) is 0 Å². The number of amides is 2. The van der Waals surface area contributed by atoms with E-state index in [0.717, 1.165) is 17.7 Å². The van der Waals surface area contributed by atoms with Crippen LogP contribution in [0.3, 0.4) is 0 Å². The van der Waals surface area contributed by atoms with Crippen LogP contribution in [0.5, 0.6) is 0 Å². The van der Waals surface area contributed by atoms with Crippen LogP contribution in [0.2, 0.25) is 0 Å². The molecule has 0 aromatic heterocycles. The zero-order valence-electron chi connectivity index (χ0n) is 11.5. The van der Waals surface area contributed by atoms with E-state index in [-0.39, 0.29) is 45.1 Å². The smallest absolute Gasteiger partial charge is 0.238 e. The maximum atomic E-state index is 12.8. The molecule has 2 amide bonds. The highest BCUT2D eigenvalue weighted by Crippen LogP contribution is 2.60. The molecule has 2 saturated carbocycles. The third-order valence-electron chi connectivity index (χ3n) is 5.25. The lowest BCUT2D eigenvalue weighted by atomic mass is 9.81. The molecule has 2 aliphatic carbocycles. The number of halogens is 2. The minimum Gasteiger partial charge on any atom is -0.274 e. The van der Waals surface area contributed by atoms with Crippen molar-refractivity contribution in [2.75, 3.05) is 4.90 Å². The first-order valence-corrected chi connectivity index (χ1v) is 9.06. The van der Waals surface area contributed by atoms with Gasteiger partial charge in [-0.25, -0.2) is 0 Å². The molecule has 1 aliphatic heterocycles. The predicted molar refractivity (Wildman–Crippen MR) is 87.7 cm³/mol. The molecule has 2 bridgehead atoms. The van der Waals surface area contributed by atoms with Gasteiger partial charge in [-0.2, -0.15) is 0 Å². The van der Waals surface area contributed by atoms with E-state index in [4.69, 9.17) is 0 Å². The molecule has 0 spiro atoms. The SMILES string of the molecule is Cc1cccc(N2C(=O)[C@@H]3[C@H]4C[C@@H]([C@H](Br)[C@H]4Br)[C@H]3C2=O)c1. The zero-order valence-corrected chi connectivity index (χ0v) is 14.7. The molecule has 0 N–H and O–H groups in total. The van der Waals surface area contributed by atoms with Gasteiger partial charge in [-0.3, -0.25) is 14.5 Å². The second-order valence-corrected chi connectivity index (χ2v) is 8.47. The Kier molecular flexibility index (Phi) is 3.09. The molecular formula is C16H15Br2NO2. The second-order valence-electron chi connectivity index (χ2n) is 6.35. The number of carbonyl (C=O) groups is 2. The normalized spacial score (nSPS) is 41.0. The number of hydrogen-bond acceptors (Lipinski definition) is 2. The highest BCUT2D eigenvalue weighted by Gasteiger charge is 2.66. The van der Waals surface area contributed by atoms with Gasteiger partial charge in [0.1, 0.15) is 0 Å². The monoisotopic (exact) mass is 411 g/mol. The van der Waals surface area contributed by atoms with Crippen molar-refractivity contribution in [2.24, 2.45) is 23.7 Å². The van der Waals surface area contributed by atoms with Gasteiger partial charge in [0.15, 0.2) is 0 Å². The van der Waals surface area contributed by atoms with Crippen molar-refractivity contribution < 1.29 is 9.59 Å². The quantitative estimate of drug-likeness (QED) is 0.524. The van der Waals surface area contributed by atoms with E-state index in [9.17, 15) is 9.59 Å². The first-order chi connectivity index (χ1) is 10.0. The van der Waals surface area contributed by atoms with Crippen LogP contribution in [0, 0.1) is 30.6 Å². The van der Waals surface area contributed by atoms with E-state index in [1.54, 1.807) is 0 Å². The maximum Gasteiger partial charge on any atom is 0.238 e. The molecule has 4 rings (SSSR count). The lowest BCUT2D eigenvalue weighted by Crippen LogP contribution is -2.37. The van der Waals surface area contributed by atoms with Crippen LogP contribution in [0.4, 0.5) is 5.69 Å². The average Bonchev–Trinajstić information content (AvgIpc) is 3.04. The summed E-state index contributed by atoms with van der Waals surface area (Å²) in [5.41, 5.74) is 1.78. The molecule has 1 aromatic rings. The van der Waals surface area contributed by atoms with Crippen LogP contribution in [-0.4, -0.2) is 21.5 Å². The van der Waals surface area contributed by atoms with Crippen molar-refractivity contribution in [1.82, 2.24) is 0 Å². The van der Waals surface area contributed by atoms with Crippen molar-refractivity contribution in [3.05, 3.63) is 29.8 Å². The summed E-state index contributed by atoms with van der Waals surface area (Å²) in [4.78, 5) is 27.6. The first-order valence-electron chi connectivity index (χ1n) is 7.23. The van der Waals surface area contributed by atoms with E-state index >= 15 is 0 Å². The van der Waals surface area contributed by atoms with E-state index in [2.05, 4.69) is 31.9 Å². The Morgan fingerprint density at radius 1 is 1.05 bits per heavy atom. The number of alkyl halides is 2. The van der Waals surface area contributed by atoms with Gasteiger partial charge in [-0.15, -0.1) is 0 Å². The van der Waals surface area contributed by atoms with Crippen molar-refractivity contribution in [2.45, 2.75) is 23.0 Å². The summed E-state index contributed by atoms with van der Waals surface area (Å²) in [6.45, 7) is 1.97. The van der Waals surface area contributed by atoms with Crippen molar-refractivity contribution >= 4 is 49.4 Å². The van der Waals surface area contributed by atoms with E-state index < -0.39 is 0 Å². The van der Waals surface area contributed by atoms with Crippen LogP contribution in [0.25, 0.3) is 0 Å². The number of benzene rings is 1. The summed E-state index contributed by atoms with van der Waals surface area (Å²) in [7, 11) is 0. The van der Waals surface area contributed by atoms with E-state index in [0.29, 0.717) is 0 Å². The largest absolute Gasteiger partial charge is 0.274 e. The van der Waals surface area contributed by atoms with Gasteiger partial charge >= 0.3 is 0 Å². The van der Waals surface area contributed by atoms with Crippen LogP contribution >= 0.6 is 31.9 Å². The molecule has 3 aliphatic rings. The number of rotatable bonds is 1. The van der Waals surface area contributed by atoms with Gasteiger partial charge in [-0.05, 0) is 42.9 Å². The lowest BCUT2D eigenvalue weighted by Gasteiger charge is -2.28. The minimum absolute atomic E-state index is 0.00745. The molecule has 3 nitrogen and oxygen atoms in total. The van der Waals surface area contributed by atoms with Gasteiger partial charge < -0.3 is 0 Å². The number of imide groups is 1. The van der Waals surface area contributed by atoms with Gasteiger partial charge in [0, 0.05) is 9.65 Å². The highest BCUT2D eigenvalue weighted by molar-refractivity contribution is 9.12. The molecule has 5 heteroatoms. The van der Waals surface area contributed by atoms with E-state index in [1.165, 1.54) is 4.90 Å². The number of anilines is 1. The second kappa shape index (κ2) is 4.66. The van der Waals surface area contributed by atoms with Crippen LogP contribution < -0.4 is 4.90 Å². The summed E-state index contributed by atoms with van der Waals surface area (Å²) in [6.07, 6.45) is 0.973. The number of carbonyl (C=O) groups excluding carboxylic acids is 2. The van der Waals surface area contributed by atoms with Crippen LogP contribution in [-0.2, 0) is 9.59 Å². The summed E-state index contributed by atoms with van der Waals surface area (Å²) in [5, 5.41) is 0. The molecule has 110 valence electrons. The molecule has 3 fully saturated rings. The summed E-state index contributed by atoms with van der Waals surface area (Å²) in [5.74, 6) is 0.257. The standard InChI is InChI=1S/C16H15Br2NO2/c1-7-3-2-4-8(5-7)19-15(20)11-9-6-10(12(11)16(19)21)14(18)13(9)17/h2-5,9-14H,6H2,1H3/t9-,10-,11-,12-,13+,14+/m1/s1. The predicted octanol–water partition coefficient (Wildman–Crippen LogP) is 3.28. The molecule has 0 radical (unpaired) electrons. The Morgan fingerprint density at radius 3 is 2.14 bits per heavy atom. The fraction of sp³-hybridized carbons (Fsp3) is 0.500. The Morgan fingerprint density at radius 2 is 1.62 bits per heavy atom. The molecule has 1 saturated heterocycles. The number of fused-ring (bicyclic) bond motifs is 5. The Bertz CT molecular complexity index is 615. The number of aryl methyl sites for hydroxylation is 1. The summed E-state index contributed by atoms with van der Waals surface area (Å²) < 4.78 is 0. The van der Waals surface area contributed by atoms with E-state index in [1.807, 2.05) is 31.2 Å². The van der Waals surface area contributed by atoms with Gasteiger partial charge in [0.05, 0.1) is 17.5 Å². The highest BCUT2D eigenvalue weighted by atomic mass is 79.9. The minimum atomic E-state index is -0.138. The molecule has 0 unspecified atom stereocenters. The summed E-state index contributed by atoms with van der Waals surface area (Å²) in [6, 6.07) is 7.63. The van der Waals surface area contributed by atoms with Crippen molar-refractivity contribution in [1.29, 1.82) is 0 Å². The number of nitrogens with zero attached hydrogens (tertiary/aromatic N) is 1. The molecule has 1 aromatic carbocycles. The molecule has 6 atom stereocenters. The molecule has 1 heterocycles. The summed E-state index contributed by atoms with van der Waals surface area (Å²) >= 11 is 7.41. The Balaban J connectivity index is 1.75. The fourth-order valence-electron chi connectivity index (χ4n) is 4.37. The fourth-order valence-corrected chi connectivity index (χ4v) is 6.24. The topological polar surface area (TPSA) is 37.4 Å². The van der Waals surface area contributed by atoms with Gasteiger partial charge in [-0.1, -0.05) is 44.0 Å². The molecular weight excluding hydrogens is 398 g/mol. The van der Waals surface area contributed by atoms with Crippen molar-refractivity contribution in [3.8, 4) is 0 Å². The Hall–Kier alpha value is -0.680.